The van der Waals surface area contributed by atoms with Gasteiger partial charge in [-0.15, -0.1) is 0 Å². The summed E-state index contributed by atoms with van der Waals surface area (Å²) < 4.78 is 0. The van der Waals surface area contributed by atoms with Crippen molar-refractivity contribution in [1.29, 1.82) is 0 Å². The molecule has 0 aliphatic carbocycles. The number of rotatable bonds is 6. The van der Waals surface area contributed by atoms with Gasteiger partial charge in [0.15, 0.2) is 0 Å². The summed E-state index contributed by atoms with van der Waals surface area (Å²) in [7, 11) is 0. The summed E-state index contributed by atoms with van der Waals surface area (Å²) in [4.78, 5) is 2.26. The second-order valence-electron chi connectivity index (χ2n) is 5.55. The van der Waals surface area contributed by atoms with E-state index in [1.165, 1.54) is 0 Å². The summed E-state index contributed by atoms with van der Waals surface area (Å²) >= 11 is 6.44. The van der Waals surface area contributed by atoms with Crippen molar-refractivity contribution >= 4 is 17.3 Å². The maximum absolute atomic E-state index is 9.42. The molecular formula is C16H25ClN2O. The Balaban J connectivity index is 2.13. The van der Waals surface area contributed by atoms with Crippen LogP contribution in [0.25, 0.3) is 0 Å². The Morgan fingerprint density at radius 3 is 2.95 bits per heavy atom. The van der Waals surface area contributed by atoms with Gasteiger partial charge in [0.25, 0.3) is 0 Å². The van der Waals surface area contributed by atoms with Crippen LogP contribution < -0.4 is 10.2 Å². The lowest BCUT2D eigenvalue weighted by Gasteiger charge is -2.26. The van der Waals surface area contributed by atoms with E-state index >= 15 is 0 Å². The van der Waals surface area contributed by atoms with Gasteiger partial charge in [0.05, 0.1) is 12.6 Å². The normalized spacial score (nSPS) is 20.4. The third-order valence-electron chi connectivity index (χ3n) is 4.07. The molecule has 20 heavy (non-hydrogen) atoms. The van der Waals surface area contributed by atoms with Crippen LogP contribution in [0.5, 0.6) is 0 Å². The molecular weight excluding hydrogens is 272 g/mol. The summed E-state index contributed by atoms with van der Waals surface area (Å²) in [5.74, 6) is 0. The zero-order valence-electron chi connectivity index (χ0n) is 12.4. The molecule has 4 heteroatoms. The van der Waals surface area contributed by atoms with Crippen LogP contribution in [0.2, 0.25) is 5.02 Å². The van der Waals surface area contributed by atoms with E-state index < -0.39 is 0 Å². The first-order valence-corrected chi connectivity index (χ1v) is 7.95. The Morgan fingerprint density at radius 2 is 2.30 bits per heavy atom. The minimum Gasteiger partial charge on any atom is -0.394 e. The molecule has 0 radical (unpaired) electrons. The molecule has 112 valence electrons. The van der Waals surface area contributed by atoms with Gasteiger partial charge in [0.2, 0.25) is 0 Å². The van der Waals surface area contributed by atoms with E-state index in [1.54, 1.807) is 0 Å². The van der Waals surface area contributed by atoms with Crippen molar-refractivity contribution in [3.05, 3.63) is 28.8 Å². The van der Waals surface area contributed by atoms with E-state index in [0.29, 0.717) is 0 Å². The summed E-state index contributed by atoms with van der Waals surface area (Å²) in [6.07, 6.45) is 3.31. The van der Waals surface area contributed by atoms with Crippen molar-refractivity contribution in [2.75, 3.05) is 24.6 Å². The monoisotopic (exact) mass is 296 g/mol. The van der Waals surface area contributed by atoms with E-state index in [4.69, 9.17) is 11.6 Å². The van der Waals surface area contributed by atoms with E-state index in [0.717, 1.165) is 48.6 Å². The molecule has 0 amide bonds. The molecule has 1 aliphatic rings. The number of halogens is 1. The first-order chi connectivity index (χ1) is 9.67. The van der Waals surface area contributed by atoms with Crippen LogP contribution in [0, 0.1) is 0 Å². The molecule has 1 heterocycles. The van der Waals surface area contributed by atoms with Crippen LogP contribution >= 0.6 is 11.6 Å². The van der Waals surface area contributed by atoms with Crippen LogP contribution in [0.3, 0.4) is 0 Å². The highest BCUT2D eigenvalue weighted by molar-refractivity contribution is 6.31. The molecule has 1 aliphatic heterocycles. The first-order valence-electron chi connectivity index (χ1n) is 7.57. The highest BCUT2D eigenvalue weighted by Crippen LogP contribution is 2.31. The lowest BCUT2D eigenvalue weighted by atomic mass is 10.1. The van der Waals surface area contributed by atoms with Crippen molar-refractivity contribution < 1.29 is 5.11 Å². The van der Waals surface area contributed by atoms with Crippen molar-refractivity contribution in [1.82, 2.24) is 5.32 Å². The number of aliphatic hydroxyl groups excluding tert-OH is 1. The fraction of sp³-hybridized carbons (Fsp3) is 0.625. The van der Waals surface area contributed by atoms with Crippen molar-refractivity contribution in [2.45, 2.75) is 45.2 Å². The Labute approximate surface area is 126 Å². The van der Waals surface area contributed by atoms with Gasteiger partial charge in [-0.25, -0.2) is 0 Å². The standard InChI is InChI=1S/C16H25ClN2O/c1-3-8-18-12(2)15-7-6-13(10-16(15)17)19-9-4-5-14(19)11-20/h6-7,10,12,14,18,20H,3-5,8-9,11H2,1-2H3. The van der Waals surface area contributed by atoms with E-state index in [1.807, 2.05) is 6.07 Å². The molecule has 0 bridgehead atoms. The van der Waals surface area contributed by atoms with Crippen LogP contribution in [-0.4, -0.2) is 30.8 Å². The first kappa shape index (κ1) is 15.6. The highest BCUT2D eigenvalue weighted by Gasteiger charge is 2.24. The van der Waals surface area contributed by atoms with Crippen molar-refractivity contribution in [2.24, 2.45) is 0 Å². The van der Waals surface area contributed by atoms with Crippen LogP contribution in [0.4, 0.5) is 5.69 Å². The number of aliphatic hydroxyl groups is 1. The zero-order valence-corrected chi connectivity index (χ0v) is 13.2. The predicted octanol–water partition coefficient (Wildman–Crippen LogP) is 3.36. The SMILES string of the molecule is CCCNC(C)c1ccc(N2CCCC2CO)cc1Cl. The fourth-order valence-corrected chi connectivity index (χ4v) is 3.22. The zero-order chi connectivity index (χ0) is 14.5. The molecule has 0 saturated carbocycles. The third kappa shape index (κ3) is 3.46. The molecule has 0 spiro atoms. The summed E-state index contributed by atoms with van der Waals surface area (Å²) in [5, 5.41) is 13.7. The second kappa shape index (κ2) is 7.30. The third-order valence-corrected chi connectivity index (χ3v) is 4.40. The lowest BCUT2D eigenvalue weighted by Crippen LogP contribution is -2.32. The Bertz CT molecular complexity index is 438. The van der Waals surface area contributed by atoms with E-state index in [9.17, 15) is 5.11 Å². The molecule has 1 saturated heterocycles. The van der Waals surface area contributed by atoms with E-state index in [2.05, 4.69) is 36.2 Å². The molecule has 2 unspecified atom stereocenters. The van der Waals surface area contributed by atoms with Crippen LogP contribution in [0.15, 0.2) is 18.2 Å². The van der Waals surface area contributed by atoms with Gasteiger partial charge >= 0.3 is 0 Å². The summed E-state index contributed by atoms with van der Waals surface area (Å²) in [6.45, 7) is 6.52. The number of hydrogen-bond acceptors (Lipinski definition) is 3. The van der Waals surface area contributed by atoms with E-state index in [-0.39, 0.29) is 18.7 Å². The number of nitrogens with one attached hydrogen (secondary N) is 1. The maximum atomic E-state index is 9.42. The fourth-order valence-electron chi connectivity index (χ4n) is 2.88. The summed E-state index contributed by atoms with van der Waals surface area (Å²) in [6, 6.07) is 6.78. The van der Waals surface area contributed by atoms with Gasteiger partial charge < -0.3 is 15.3 Å². The number of anilines is 1. The predicted molar refractivity (Wildman–Crippen MR) is 85.6 cm³/mol. The highest BCUT2D eigenvalue weighted by atomic mass is 35.5. The summed E-state index contributed by atoms with van der Waals surface area (Å²) in [5.41, 5.74) is 2.27. The average Bonchev–Trinajstić information content (AvgIpc) is 2.93. The molecule has 1 aromatic carbocycles. The van der Waals surface area contributed by atoms with Gasteiger partial charge in [-0.2, -0.15) is 0 Å². The van der Waals surface area contributed by atoms with Crippen LogP contribution in [-0.2, 0) is 0 Å². The van der Waals surface area contributed by atoms with Crippen molar-refractivity contribution in [3.63, 3.8) is 0 Å². The van der Waals surface area contributed by atoms with Gasteiger partial charge in [-0.05, 0) is 50.4 Å². The molecule has 2 rings (SSSR count). The lowest BCUT2D eigenvalue weighted by molar-refractivity contribution is 0.266. The quantitative estimate of drug-likeness (QED) is 0.845. The van der Waals surface area contributed by atoms with Gasteiger partial charge in [-0.1, -0.05) is 24.6 Å². The molecule has 1 aromatic rings. The molecule has 3 nitrogen and oxygen atoms in total. The smallest absolute Gasteiger partial charge is 0.0635 e. The Kier molecular flexibility index (Phi) is 5.70. The van der Waals surface area contributed by atoms with Gasteiger partial charge in [0, 0.05) is 23.3 Å². The Hall–Kier alpha value is -0.770. The minimum atomic E-state index is 0.216. The second-order valence-corrected chi connectivity index (χ2v) is 5.96. The topological polar surface area (TPSA) is 35.5 Å². The molecule has 0 aromatic heterocycles. The van der Waals surface area contributed by atoms with Crippen LogP contribution in [0.1, 0.15) is 44.7 Å². The maximum Gasteiger partial charge on any atom is 0.0635 e. The number of nitrogens with zero attached hydrogens (tertiary/aromatic N) is 1. The number of hydrogen-bond donors (Lipinski definition) is 2. The minimum absolute atomic E-state index is 0.216. The molecule has 2 N–H and O–H groups in total. The van der Waals surface area contributed by atoms with Gasteiger partial charge in [-0.3, -0.25) is 0 Å². The number of benzene rings is 1. The van der Waals surface area contributed by atoms with Crippen molar-refractivity contribution in [3.8, 4) is 0 Å². The van der Waals surface area contributed by atoms with Gasteiger partial charge in [0.1, 0.15) is 0 Å². The molecule has 2 atom stereocenters. The average molecular weight is 297 g/mol. The molecule has 1 fully saturated rings. The Morgan fingerprint density at radius 1 is 1.50 bits per heavy atom. The largest absolute Gasteiger partial charge is 0.394 e.